The molecule has 0 unspecified atom stereocenters. The van der Waals surface area contributed by atoms with Gasteiger partial charge in [0.1, 0.15) is 6.61 Å². The number of hydrogen-bond acceptors (Lipinski definition) is 7. The molecule has 3 rings (SSSR count). The normalized spacial score (nSPS) is 15.4. The predicted octanol–water partition coefficient (Wildman–Crippen LogP) is 2.93. The molecule has 2 aromatic rings. The Morgan fingerprint density at radius 3 is 2.44 bits per heavy atom. The van der Waals surface area contributed by atoms with Crippen molar-refractivity contribution in [3.63, 3.8) is 0 Å². The van der Waals surface area contributed by atoms with Crippen LogP contribution in [0.5, 0.6) is 0 Å². The number of carbonyl (C=O) groups is 3. The van der Waals surface area contributed by atoms with E-state index < -0.39 is 35.5 Å². The molecule has 166 valence electrons. The van der Waals surface area contributed by atoms with Gasteiger partial charge in [-0.3, -0.25) is 10.1 Å². The van der Waals surface area contributed by atoms with E-state index in [1.54, 1.807) is 37.3 Å². The first kappa shape index (κ1) is 22.5. The van der Waals surface area contributed by atoms with Crippen molar-refractivity contribution in [3.8, 4) is 0 Å². The van der Waals surface area contributed by atoms with Crippen LogP contribution in [0.1, 0.15) is 34.5 Å². The fourth-order valence-corrected chi connectivity index (χ4v) is 3.34. The zero-order valence-corrected chi connectivity index (χ0v) is 17.4. The largest absolute Gasteiger partial charge is 0.463 e. The van der Waals surface area contributed by atoms with E-state index in [2.05, 4.69) is 10.6 Å². The monoisotopic (exact) mass is 439 g/mol. The Balaban J connectivity index is 1.93. The number of carbonyl (C=O) groups excluding carboxylic acids is 3. The molecule has 0 aliphatic carbocycles. The molecule has 0 fully saturated rings. The lowest BCUT2D eigenvalue weighted by Gasteiger charge is -2.29. The van der Waals surface area contributed by atoms with E-state index in [4.69, 9.17) is 9.47 Å². The first-order valence-corrected chi connectivity index (χ1v) is 9.77. The highest BCUT2D eigenvalue weighted by Gasteiger charge is 2.34. The standard InChI is InChI=1S/C22H21N3O7/c1-3-31-21(27)18-16(23-22(28)24-19(18)14-8-5-4-6-9-14)12-32-20(26)15-10-7-11-17(13(15)2)25(29)30/h4-11,19H,3,12H2,1-2H3,(H2,23,24,28)/t19-/m0/s1. The van der Waals surface area contributed by atoms with Crippen molar-refractivity contribution in [3.05, 3.63) is 86.6 Å². The molecule has 10 nitrogen and oxygen atoms in total. The first-order valence-electron chi connectivity index (χ1n) is 9.77. The Labute approximate surface area is 183 Å². The summed E-state index contributed by atoms with van der Waals surface area (Å²) >= 11 is 0. The Kier molecular flexibility index (Phi) is 6.83. The molecule has 32 heavy (non-hydrogen) atoms. The van der Waals surface area contributed by atoms with Gasteiger partial charge in [-0.1, -0.05) is 36.4 Å². The van der Waals surface area contributed by atoms with Crippen LogP contribution in [0.2, 0.25) is 0 Å². The minimum Gasteiger partial charge on any atom is -0.463 e. The average molecular weight is 439 g/mol. The third-order valence-electron chi connectivity index (χ3n) is 4.85. The average Bonchev–Trinajstić information content (AvgIpc) is 2.77. The topological polar surface area (TPSA) is 137 Å². The Hall–Kier alpha value is -4.21. The SMILES string of the molecule is CCOC(=O)C1=C(COC(=O)c2cccc([N+](=O)[O-])c2C)NC(=O)N[C@H]1c1ccccc1. The summed E-state index contributed by atoms with van der Waals surface area (Å²) in [6.07, 6.45) is 0. The summed E-state index contributed by atoms with van der Waals surface area (Å²) in [5, 5.41) is 16.3. The van der Waals surface area contributed by atoms with Gasteiger partial charge in [-0.2, -0.15) is 0 Å². The Bertz CT molecular complexity index is 1100. The van der Waals surface area contributed by atoms with Crippen LogP contribution in [0.4, 0.5) is 10.5 Å². The number of nitro groups is 1. The molecule has 1 aliphatic rings. The number of urea groups is 1. The maximum Gasteiger partial charge on any atom is 0.339 e. The smallest absolute Gasteiger partial charge is 0.339 e. The van der Waals surface area contributed by atoms with Crippen LogP contribution in [-0.2, 0) is 14.3 Å². The number of amides is 2. The number of nitro benzene ring substituents is 1. The molecule has 0 saturated carbocycles. The molecule has 1 aliphatic heterocycles. The van der Waals surface area contributed by atoms with Crippen LogP contribution in [-0.4, -0.2) is 36.1 Å². The fourth-order valence-electron chi connectivity index (χ4n) is 3.34. The Morgan fingerprint density at radius 2 is 1.78 bits per heavy atom. The molecule has 0 bridgehead atoms. The van der Waals surface area contributed by atoms with Gasteiger partial charge in [-0.15, -0.1) is 0 Å². The minimum atomic E-state index is -0.828. The second-order valence-corrected chi connectivity index (χ2v) is 6.84. The maximum atomic E-state index is 12.7. The number of nitrogens with zero attached hydrogens (tertiary/aromatic N) is 1. The quantitative estimate of drug-likeness (QED) is 0.384. The van der Waals surface area contributed by atoms with Crippen molar-refractivity contribution >= 4 is 23.7 Å². The molecule has 0 radical (unpaired) electrons. The van der Waals surface area contributed by atoms with Gasteiger partial charge in [0.25, 0.3) is 5.69 Å². The van der Waals surface area contributed by atoms with Gasteiger partial charge in [0.05, 0.1) is 34.4 Å². The third-order valence-corrected chi connectivity index (χ3v) is 4.85. The van der Waals surface area contributed by atoms with Crippen LogP contribution >= 0.6 is 0 Å². The Morgan fingerprint density at radius 1 is 1.06 bits per heavy atom. The summed E-state index contributed by atoms with van der Waals surface area (Å²) in [6.45, 7) is 2.76. The second kappa shape index (κ2) is 9.73. The van der Waals surface area contributed by atoms with Crippen LogP contribution in [0.25, 0.3) is 0 Å². The number of rotatable bonds is 7. The molecule has 1 heterocycles. The van der Waals surface area contributed by atoms with Gasteiger partial charge in [0.2, 0.25) is 0 Å². The van der Waals surface area contributed by atoms with E-state index in [1.165, 1.54) is 25.1 Å². The molecular weight excluding hydrogens is 418 g/mol. The van der Waals surface area contributed by atoms with Crippen molar-refractivity contribution in [1.29, 1.82) is 0 Å². The predicted molar refractivity (Wildman–Crippen MR) is 113 cm³/mol. The molecule has 2 N–H and O–H groups in total. The maximum absolute atomic E-state index is 12.7. The zero-order valence-electron chi connectivity index (χ0n) is 17.4. The van der Waals surface area contributed by atoms with E-state index in [0.717, 1.165) is 0 Å². The van der Waals surface area contributed by atoms with Gasteiger partial charge in [-0.05, 0) is 25.5 Å². The van der Waals surface area contributed by atoms with E-state index in [1.807, 2.05) is 0 Å². The summed E-state index contributed by atoms with van der Waals surface area (Å²) in [5.74, 6) is -1.50. The van der Waals surface area contributed by atoms with E-state index in [9.17, 15) is 24.5 Å². The molecule has 2 amide bonds. The van der Waals surface area contributed by atoms with Crippen LogP contribution in [0.15, 0.2) is 59.8 Å². The summed E-state index contributed by atoms with van der Waals surface area (Å²) in [7, 11) is 0. The van der Waals surface area contributed by atoms with Crippen molar-refractivity contribution in [2.75, 3.05) is 13.2 Å². The third kappa shape index (κ3) is 4.75. The zero-order chi connectivity index (χ0) is 23.3. The summed E-state index contributed by atoms with van der Waals surface area (Å²) < 4.78 is 10.5. The van der Waals surface area contributed by atoms with E-state index in [0.29, 0.717) is 5.56 Å². The highest BCUT2D eigenvalue weighted by atomic mass is 16.6. The minimum absolute atomic E-state index is 0.0114. The first-order chi connectivity index (χ1) is 15.3. The molecular formula is C22H21N3O7. The number of esters is 2. The van der Waals surface area contributed by atoms with Crippen LogP contribution in [0.3, 0.4) is 0 Å². The summed E-state index contributed by atoms with van der Waals surface area (Å²) in [6, 6.07) is 11.5. The van der Waals surface area contributed by atoms with Crippen LogP contribution < -0.4 is 10.6 Å². The summed E-state index contributed by atoms with van der Waals surface area (Å²) in [5.41, 5.74) is 0.753. The molecule has 0 aromatic heterocycles. The number of benzene rings is 2. The van der Waals surface area contributed by atoms with Gasteiger partial charge < -0.3 is 20.1 Å². The van der Waals surface area contributed by atoms with Crippen molar-refractivity contribution in [1.82, 2.24) is 10.6 Å². The molecule has 2 aromatic carbocycles. The van der Waals surface area contributed by atoms with Gasteiger partial charge in [0.15, 0.2) is 0 Å². The number of hydrogen-bond donors (Lipinski definition) is 2. The lowest BCUT2D eigenvalue weighted by atomic mass is 9.95. The van der Waals surface area contributed by atoms with E-state index >= 15 is 0 Å². The molecule has 1 atom stereocenters. The molecule has 10 heteroatoms. The second-order valence-electron chi connectivity index (χ2n) is 6.84. The van der Waals surface area contributed by atoms with E-state index in [-0.39, 0.29) is 34.7 Å². The van der Waals surface area contributed by atoms with Crippen LogP contribution in [0, 0.1) is 17.0 Å². The fraction of sp³-hybridized carbons (Fsp3) is 0.227. The van der Waals surface area contributed by atoms with Crippen molar-refractivity contribution < 1.29 is 28.8 Å². The highest BCUT2D eigenvalue weighted by Crippen LogP contribution is 2.28. The van der Waals surface area contributed by atoms with Gasteiger partial charge in [-0.25, -0.2) is 14.4 Å². The molecule has 0 saturated heterocycles. The lowest BCUT2D eigenvalue weighted by Crippen LogP contribution is -2.47. The number of nitrogens with one attached hydrogen (secondary N) is 2. The number of ether oxygens (including phenoxy) is 2. The highest BCUT2D eigenvalue weighted by molar-refractivity contribution is 5.96. The van der Waals surface area contributed by atoms with Crippen molar-refractivity contribution in [2.24, 2.45) is 0 Å². The summed E-state index contributed by atoms with van der Waals surface area (Å²) in [4.78, 5) is 48.1. The lowest BCUT2D eigenvalue weighted by molar-refractivity contribution is -0.385. The van der Waals surface area contributed by atoms with Crippen molar-refractivity contribution in [2.45, 2.75) is 19.9 Å². The van der Waals surface area contributed by atoms with Gasteiger partial charge in [0, 0.05) is 11.6 Å². The van der Waals surface area contributed by atoms with Gasteiger partial charge >= 0.3 is 18.0 Å². The molecule has 0 spiro atoms.